The molecule has 0 atom stereocenters. The van der Waals surface area contributed by atoms with E-state index in [2.05, 4.69) is 35.1 Å². The van der Waals surface area contributed by atoms with Crippen LogP contribution in [0.1, 0.15) is 22.6 Å². The second-order valence-electron chi connectivity index (χ2n) is 7.43. The lowest BCUT2D eigenvalue weighted by Gasteiger charge is -2.22. The zero-order chi connectivity index (χ0) is 21.6. The molecule has 0 saturated carbocycles. The van der Waals surface area contributed by atoms with Crippen LogP contribution in [0.25, 0.3) is 11.1 Å². The third-order valence-electron chi connectivity index (χ3n) is 5.43. The van der Waals surface area contributed by atoms with Crippen molar-refractivity contribution in [3.05, 3.63) is 95.6 Å². The van der Waals surface area contributed by atoms with Crippen LogP contribution >= 0.6 is 0 Å². The molecule has 3 aromatic carbocycles. The molecule has 0 aliphatic heterocycles. The molecule has 2 N–H and O–H groups in total. The van der Waals surface area contributed by atoms with E-state index in [-0.39, 0.29) is 25.1 Å². The number of urea groups is 1. The highest BCUT2D eigenvalue weighted by Gasteiger charge is 2.29. The first-order chi connectivity index (χ1) is 15.2. The molecule has 1 aliphatic carbocycles. The number of carbonyl (C=O) groups excluding carboxylic acids is 2. The summed E-state index contributed by atoms with van der Waals surface area (Å²) < 4.78 is 5.66. The Balaban J connectivity index is 1.44. The summed E-state index contributed by atoms with van der Waals surface area (Å²) in [4.78, 5) is 26.5. The Bertz CT molecular complexity index is 1020. The number of hydrazine groups is 1. The number of esters is 1. The fourth-order valence-electron chi connectivity index (χ4n) is 4.01. The van der Waals surface area contributed by atoms with Crippen LogP contribution in [0.4, 0.5) is 4.79 Å². The third kappa shape index (κ3) is 4.59. The third-order valence-corrected chi connectivity index (χ3v) is 5.43. The van der Waals surface area contributed by atoms with E-state index in [9.17, 15) is 9.59 Å². The van der Waals surface area contributed by atoms with Gasteiger partial charge in [-0.15, -0.1) is 0 Å². The van der Waals surface area contributed by atoms with Gasteiger partial charge < -0.3 is 9.64 Å². The van der Waals surface area contributed by atoms with Crippen LogP contribution in [-0.4, -0.2) is 37.1 Å². The van der Waals surface area contributed by atoms with E-state index in [4.69, 9.17) is 4.74 Å². The topological polar surface area (TPSA) is 70.7 Å². The predicted molar refractivity (Wildman–Crippen MR) is 119 cm³/mol. The number of nitrogens with one attached hydrogen (secondary N) is 2. The molecule has 6 heteroatoms. The number of fused-ring (bicyclic) bond motifs is 3. The molecule has 158 valence electrons. The van der Waals surface area contributed by atoms with Crippen molar-refractivity contribution < 1.29 is 14.3 Å². The second-order valence-corrected chi connectivity index (χ2v) is 7.43. The molecule has 0 bridgehead atoms. The number of amides is 2. The maximum Gasteiger partial charge on any atom is 0.332 e. The van der Waals surface area contributed by atoms with Crippen molar-refractivity contribution in [3.63, 3.8) is 0 Å². The average Bonchev–Trinajstić information content (AvgIpc) is 3.12. The molecule has 0 fully saturated rings. The van der Waals surface area contributed by atoms with E-state index < -0.39 is 5.97 Å². The van der Waals surface area contributed by atoms with E-state index in [1.54, 1.807) is 7.05 Å². The number of hydrogen-bond acceptors (Lipinski definition) is 4. The molecule has 6 nitrogen and oxygen atoms in total. The van der Waals surface area contributed by atoms with Gasteiger partial charge in [0.1, 0.15) is 13.2 Å². The van der Waals surface area contributed by atoms with Crippen molar-refractivity contribution >= 4 is 12.0 Å². The molecular formula is C25H25N3O3. The Morgan fingerprint density at radius 2 is 1.45 bits per heavy atom. The first kappa shape index (κ1) is 20.6. The SMILES string of the molecule is CNNC(=O)N(CC(=O)OCC1c2ccccc2-c2ccccc21)Cc1ccccc1. The number of nitrogens with zero attached hydrogens (tertiary/aromatic N) is 1. The molecule has 3 aromatic rings. The number of carbonyl (C=O) groups is 2. The summed E-state index contributed by atoms with van der Waals surface area (Å²) in [5.74, 6) is -0.450. The largest absolute Gasteiger partial charge is 0.463 e. The summed E-state index contributed by atoms with van der Waals surface area (Å²) in [7, 11) is 1.60. The van der Waals surface area contributed by atoms with Gasteiger partial charge in [0.2, 0.25) is 0 Å². The maximum absolute atomic E-state index is 12.7. The fourth-order valence-corrected chi connectivity index (χ4v) is 4.01. The minimum absolute atomic E-state index is 0.00921. The summed E-state index contributed by atoms with van der Waals surface area (Å²) >= 11 is 0. The van der Waals surface area contributed by atoms with E-state index >= 15 is 0 Å². The van der Waals surface area contributed by atoms with Gasteiger partial charge in [0.15, 0.2) is 0 Å². The number of hydrogen-bond donors (Lipinski definition) is 2. The van der Waals surface area contributed by atoms with Crippen molar-refractivity contribution in [2.45, 2.75) is 12.5 Å². The molecule has 0 aromatic heterocycles. The Labute approximate surface area is 181 Å². The van der Waals surface area contributed by atoms with Gasteiger partial charge >= 0.3 is 12.0 Å². The van der Waals surface area contributed by atoms with Gasteiger partial charge in [-0.2, -0.15) is 0 Å². The number of rotatable bonds is 7. The van der Waals surface area contributed by atoms with Gasteiger partial charge in [-0.25, -0.2) is 10.2 Å². The molecule has 0 heterocycles. The van der Waals surface area contributed by atoms with E-state index in [1.807, 2.05) is 54.6 Å². The van der Waals surface area contributed by atoms with Crippen molar-refractivity contribution in [1.29, 1.82) is 0 Å². The van der Waals surface area contributed by atoms with Crippen LogP contribution in [0.3, 0.4) is 0 Å². The van der Waals surface area contributed by atoms with E-state index in [0.29, 0.717) is 6.54 Å². The molecule has 0 unspecified atom stereocenters. The first-order valence-corrected chi connectivity index (χ1v) is 10.3. The molecule has 31 heavy (non-hydrogen) atoms. The predicted octanol–water partition coefficient (Wildman–Crippen LogP) is 3.69. The van der Waals surface area contributed by atoms with Gasteiger partial charge in [0, 0.05) is 19.5 Å². The molecule has 0 saturated heterocycles. The summed E-state index contributed by atoms with van der Waals surface area (Å²) in [5.41, 5.74) is 10.7. The Morgan fingerprint density at radius 3 is 2.06 bits per heavy atom. The van der Waals surface area contributed by atoms with Gasteiger partial charge in [-0.3, -0.25) is 10.2 Å². The Hall–Kier alpha value is -3.64. The van der Waals surface area contributed by atoms with E-state index in [0.717, 1.165) is 16.7 Å². The Kier molecular flexibility index (Phi) is 6.29. The summed E-state index contributed by atoms with van der Waals surface area (Å²) in [6, 6.07) is 25.5. The smallest absolute Gasteiger partial charge is 0.332 e. The lowest BCUT2D eigenvalue weighted by Crippen LogP contribution is -2.47. The van der Waals surface area contributed by atoms with Crippen LogP contribution in [0.2, 0.25) is 0 Å². The molecule has 1 aliphatic rings. The monoisotopic (exact) mass is 415 g/mol. The summed E-state index contributed by atoms with van der Waals surface area (Å²) in [6.07, 6.45) is 0. The lowest BCUT2D eigenvalue weighted by atomic mass is 9.98. The first-order valence-electron chi connectivity index (χ1n) is 10.3. The minimum atomic E-state index is -0.441. The standard InChI is InChI=1S/C25H25N3O3/c1-26-27-25(30)28(15-18-9-3-2-4-10-18)16-24(29)31-17-23-21-13-7-5-11-19(21)20-12-6-8-14-22(20)23/h2-14,23,26H,15-17H2,1H3,(H,27,30). The second kappa shape index (κ2) is 9.45. The van der Waals surface area contributed by atoms with Crippen molar-refractivity contribution in [2.75, 3.05) is 20.2 Å². The van der Waals surface area contributed by atoms with Crippen LogP contribution in [-0.2, 0) is 16.1 Å². The quantitative estimate of drug-likeness (QED) is 0.456. The Morgan fingerprint density at radius 1 is 0.871 bits per heavy atom. The lowest BCUT2D eigenvalue weighted by molar-refractivity contribution is -0.144. The minimum Gasteiger partial charge on any atom is -0.463 e. The number of ether oxygens (including phenoxy) is 1. The molecule has 2 amide bonds. The van der Waals surface area contributed by atoms with Gasteiger partial charge in [0.05, 0.1) is 0 Å². The maximum atomic E-state index is 12.7. The molecule has 4 rings (SSSR count). The highest BCUT2D eigenvalue weighted by atomic mass is 16.5. The average molecular weight is 415 g/mol. The van der Waals surface area contributed by atoms with E-state index in [1.165, 1.54) is 16.0 Å². The van der Waals surface area contributed by atoms with Gasteiger partial charge in [-0.05, 0) is 27.8 Å². The van der Waals surface area contributed by atoms with Crippen LogP contribution < -0.4 is 10.9 Å². The van der Waals surface area contributed by atoms with Crippen LogP contribution in [0.5, 0.6) is 0 Å². The van der Waals surface area contributed by atoms with Crippen molar-refractivity contribution in [3.8, 4) is 11.1 Å². The molecule has 0 radical (unpaired) electrons. The van der Waals surface area contributed by atoms with Crippen LogP contribution in [0, 0.1) is 0 Å². The van der Waals surface area contributed by atoms with Crippen molar-refractivity contribution in [1.82, 2.24) is 15.8 Å². The molecular weight excluding hydrogens is 390 g/mol. The zero-order valence-corrected chi connectivity index (χ0v) is 17.4. The zero-order valence-electron chi connectivity index (χ0n) is 17.4. The highest BCUT2D eigenvalue weighted by molar-refractivity contribution is 5.81. The summed E-state index contributed by atoms with van der Waals surface area (Å²) in [5, 5.41) is 0. The molecule has 0 spiro atoms. The van der Waals surface area contributed by atoms with Gasteiger partial charge in [0.25, 0.3) is 0 Å². The van der Waals surface area contributed by atoms with Crippen molar-refractivity contribution in [2.24, 2.45) is 0 Å². The van der Waals surface area contributed by atoms with Gasteiger partial charge in [-0.1, -0.05) is 78.9 Å². The normalized spacial score (nSPS) is 12.0. The fraction of sp³-hybridized carbons (Fsp3) is 0.200. The van der Waals surface area contributed by atoms with Crippen LogP contribution in [0.15, 0.2) is 78.9 Å². The number of benzene rings is 3. The summed E-state index contributed by atoms with van der Waals surface area (Å²) in [6.45, 7) is 0.399. The highest BCUT2D eigenvalue weighted by Crippen LogP contribution is 2.44.